The molecule has 0 spiro atoms. The lowest BCUT2D eigenvalue weighted by molar-refractivity contribution is 0.0734. The molecule has 2 aromatic rings. The summed E-state index contributed by atoms with van der Waals surface area (Å²) in [4.78, 5) is 22.1. The molecule has 0 unspecified atom stereocenters. The van der Waals surface area contributed by atoms with Gasteiger partial charge in [-0.15, -0.1) is 0 Å². The number of hydrogen-bond acceptors (Lipinski definition) is 3. The molecule has 0 amide bonds. The topological polar surface area (TPSA) is 43.4 Å². The molecule has 0 aliphatic heterocycles. The minimum Gasteiger partial charge on any atom is -0.423 e. The van der Waals surface area contributed by atoms with Crippen molar-refractivity contribution in [2.45, 2.75) is 0 Å². The van der Waals surface area contributed by atoms with E-state index in [1.807, 2.05) is 0 Å². The summed E-state index contributed by atoms with van der Waals surface area (Å²) in [6, 6.07) is 11.3. The van der Waals surface area contributed by atoms with Crippen LogP contribution in [0, 0.1) is 5.82 Å². The van der Waals surface area contributed by atoms with E-state index in [9.17, 15) is 14.0 Å². The Morgan fingerprint density at radius 2 is 1.83 bits per heavy atom. The molecule has 0 heterocycles. The van der Waals surface area contributed by atoms with E-state index in [2.05, 4.69) is 0 Å². The highest BCUT2D eigenvalue weighted by atomic mass is 19.1. The Balaban J connectivity index is 2.13. The Morgan fingerprint density at radius 1 is 1.11 bits per heavy atom. The highest BCUT2D eigenvalue weighted by Crippen LogP contribution is 2.14. The maximum atomic E-state index is 12.9. The van der Waals surface area contributed by atoms with Gasteiger partial charge < -0.3 is 4.74 Å². The first-order valence-electron chi connectivity index (χ1n) is 5.22. The fourth-order valence-corrected chi connectivity index (χ4v) is 1.40. The number of rotatable bonds is 3. The van der Waals surface area contributed by atoms with Crippen LogP contribution in [0.3, 0.4) is 0 Å². The largest absolute Gasteiger partial charge is 0.423 e. The minimum atomic E-state index is -0.645. The maximum absolute atomic E-state index is 12.9. The molecule has 0 N–H and O–H groups in total. The van der Waals surface area contributed by atoms with Gasteiger partial charge in [0.2, 0.25) is 0 Å². The van der Waals surface area contributed by atoms with Crippen molar-refractivity contribution in [3.8, 4) is 5.75 Å². The Labute approximate surface area is 103 Å². The van der Waals surface area contributed by atoms with Crippen molar-refractivity contribution in [1.29, 1.82) is 0 Å². The number of esters is 1. The maximum Gasteiger partial charge on any atom is 0.343 e. The van der Waals surface area contributed by atoms with Gasteiger partial charge >= 0.3 is 5.97 Å². The second kappa shape index (κ2) is 5.23. The monoisotopic (exact) mass is 244 g/mol. The molecule has 18 heavy (non-hydrogen) atoms. The van der Waals surface area contributed by atoms with E-state index in [1.54, 1.807) is 0 Å². The zero-order valence-corrected chi connectivity index (χ0v) is 9.30. The number of hydrogen-bond donors (Lipinski definition) is 0. The average molecular weight is 244 g/mol. The molecule has 0 bridgehead atoms. The first-order valence-corrected chi connectivity index (χ1v) is 5.22. The van der Waals surface area contributed by atoms with Crippen LogP contribution in [0.4, 0.5) is 4.39 Å². The number of ether oxygens (including phenoxy) is 1. The third-order valence-corrected chi connectivity index (χ3v) is 2.29. The molecule has 2 aromatic carbocycles. The molecule has 4 heteroatoms. The molecule has 0 saturated carbocycles. The number of benzene rings is 2. The van der Waals surface area contributed by atoms with Gasteiger partial charge in [0.1, 0.15) is 17.9 Å². The van der Waals surface area contributed by atoms with Gasteiger partial charge in [-0.25, -0.2) is 9.18 Å². The van der Waals surface area contributed by atoms with Gasteiger partial charge in [0.15, 0.2) is 0 Å². The molecular formula is C14H9FO3. The molecule has 0 aliphatic rings. The van der Waals surface area contributed by atoms with Crippen LogP contribution in [0.25, 0.3) is 0 Å². The van der Waals surface area contributed by atoms with Crippen molar-refractivity contribution in [1.82, 2.24) is 0 Å². The van der Waals surface area contributed by atoms with Crippen molar-refractivity contribution in [3.05, 3.63) is 65.5 Å². The molecule has 0 aliphatic carbocycles. The van der Waals surface area contributed by atoms with E-state index in [-0.39, 0.29) is 5.56 Å². The van der Waals surface area contributed by atoms with Crippen LogP contribution >= 0.6 is 0 Å². The normalized spacial score (nSPS) is 9.83. The van der Waals surface area contributed by atoms with Gasteiger partial charge in [0, 0.05) is 5.56 Å². The van der Waals surface area contributed by atoms with Crippen molar-refractivity contribution in [2.75, 3.05) is 0 Å². The number of carbonyl (C=O) groups is 2. The molecule has 0 aromatic heterocycles. The standard InChI is InChI=1S/C14H9FO3/c15-12-3-1-2-11(8-12)14(17)18-13-6-4-10(9-16)5-7-13/h1-9H. The van der Waals surface area contributed by atoms with Gasteiger partial charge in [-0.3, -0.25) is 4.79 Å². The lowest BCUT2D eigenvalue weighted by Gasteiger charge is -2.04. The van der Waals surface area contributed by atoms with E-state index in [4.69, 9.17) is 4.74 Å². The summed E-state index contributed by atoms with van der Waals surface area (Å²) >= 11 is 0. The number of halogens is 1. The molecule has 3 nitrogen and oxygen atoms in total. The van der Waals surface area contributed by atoms with Crippen LogP contribution in [0.5, 0.6) is 5.75 Å². The van der Waals surface area contributed by atoms with Crippen LogP contribution < -0.4 is 4.74 Å². The summed E-state index contributed by atoms with van der Waals surface area (Å²) < 4.78 is 18.0. The Hall–Kier alpha value is -2.49. The van der Waals surface area contributed by atoms with Crippen LogP contribution in [0.15, 0.2) is 48.5 Å². The molecule has 0 fully saturated rings. The third kappa shape index (κ3) is 2.79. The Morgan fingerprint density at radius 3 is 2.44 bits per heavy atom. The summed E-state index contributed by atoms with van der Waals surface area (Å²) in [7, 11) is 0. The van der Waals surface area contributed by atoms with E-state index in [0.29, 0.717) is 17.6 Å². The second-order valence-electron chi connectivity index (χ2n) is 3.59. The highest BCUT2D eigenvalue weighted by Gasteiger charge is 2.09. The van der Waals surface area contributed by atoms with Crippen molar-refractivity contribution in [2.24, 2.45) is 0 Å². The summed E-state index contributed by atoms with van der Waals surface area (Å²) in [5.74, 6) is -0.844. The van der Waals surface area contributed by atoms with Gasteiger partial charge in [0.25, 0.3) is 0 Å². The van der Waals surface area contributed by atoms with E-state index in [1.165, 1.54) is 42.5 Å². The summed E-state index contributed by atoms with van der Waals surface area (Å²) in [6.07, 6.45) is 0.693. The molecule has 0 saturated heterocycles. The van der Waals surface area contributed by atoms with Gasteiger partial charge in [0.05, 0.1) is 5.56 Å². The van der Waals surface area contributed by atoms with Gasteiger partial charge in [-0.1, -0.05) is 6.07 Å². The SMILES string of the molecule is O=Cc1ccc(OC(=O)c2cccc(F)c2)cc1. The first kappa shape index (κ1) is 12.0. The third-order valence-electron chi connectivity index (χ3n) is 2.29. The molecule has 0 radical (unpaired) electrons. The highest BCUT2D eigenvalue weighted by molar-refractivity contribution is 5.91. The zero-order chi connectivity index (χ0) is 13.0. The zero-order valence-electron chi connectivity index (χ0n) is 9.30. The van der Waals surface area contributed by atoms with E-state index >= 15 is 0 Å². The lowest BCUT2D eigenvalue weighted by Crippen LogP contribution is -2.08. The number of aldehydes is 1. The average Bonchev–Trinajstić information content (AvgIpc) is 2.39. The quantitative estimate of drug-likeness (QED) is 0.473. The van der Waals surface area contributed by atoms with E-state index < -0.39 is 11.8 Å². The van der Waals surface area contributed by atoms with Crippen LogP contribution in [0.2, 0.25) is 0 Å². The predicted octanol–water partition coefficient (Wildman–Crippen LogP) is 2.86. The lowest BCUT2D eigenvalue weighted by atomic mass is 10.2. The summed E-state index contributed by atoms with van der Waals surface area (Å²) in [5, 5.41) is 0. The molecule has 90 valence electrons. The minimum absolute atomic E-state index is 0.134. The van der Waals surface area contributed by atoms with Crippen molar-refractivity contribution < 1.29 is 18.7 Å². The fourth-order valence-electron chi connectivity index (χ4n) is 1.40. The van der Waals surface area contributed by atoms with E-state index in [0.717, 1.165) is 6.07 Å². The predicted molar refractivity (Wildman–Crippen MR) is 63.2 cm³/mol. The first-order chi connectivity index (χ1) is 8.69. The molecular weight excluding hydrogens is 235 g/mol. The Kier molecular flexibility index (Phi) is 3.48. The second-order valence-corrected chi connectivity index (χ2v) is 3.59. The van der Waals surface area contributed by atoms with Gasteiger partial charge in [-0.05, 0) is 42.5 Å². The summed E-state index contributed by atoms with van der Waals surface area (Å²) in [5.41, 5.74) is 0.620. The van der Waals surface area contributed by atoms with Crippen LogP contribution in [-0.2, 0) is 0 Å². The van der Waals surface area contributed by atoms with Crippen LogP contribution in [0.1, 0.15) is 20.7 Å². The van der Waals surface area contributed by atoms with Crippen molar-refractivity contribution in [3.63, 3.8) is 0 Å². The van der Waals surface area contributed by atoms with Gasteiger partial charge in [-0.2, -0.15) is 0 Å². The summed E-state index contributed by atoms with van der Waals surface area (Å²) in [6.45, 7) is 0. The Bertz CT molecular complexity index is 576. The van der Waals surface area contributed by atoms with Crippen LogP contribution in [-0.4, -0.2) is 12.3 Å². The molecule has 2 rings (SSSR count). The fraction of sp³-hybridized carbons (Fsp3) is 0. The molecule has 0 atom stereocenters. The number of carbonyl (C=O) groups excluding carboxylic acids is 2. The van der Waals surface area contributed by atoms with Crippen molar-refractivity contribution >= 4 is 12.3 Å². The smallest absolute Gasteiger partial charge is 0.343 e.